The van der Waals surface area contributed by atoms with E-state index in [0.29, 0.717) is 36.7 Å². The highest BCUT2D eigenvalue weighted by molar-refractivity contribution is 6.60. The third kappa shape index (κ3) is 9.77. The maximum absolute atomic E-state index is 12.7. The predicted octanol–water partition coefficient (Wildman–Crippen LogP) is 5.47. The van der Waals surface area contributed by atoms with Gasteiger partial charge in [-0.25, -0.2) is 9.59 Å². The summed E-state index contributed by atoms with van der Waals surface area (Å²) in [6.45, 7) is 7.61. The molecule has 0 aliphatic heterocycles. The average molecular weight is 531 g/mol. The van der Waals surface area contributed by atoms with Crippen LogP contribution in [-0.2, 0) is 29.2 Å². The lowest BCUT2D eigenvalue weighted by Crippen LogP contribution is -2.45. The zero-order chi connectivity index (χ0) is 27.1. The summed E-state index contributed by atoms with van der Waals surface area (Å²) in [4.78, 5) is 24.0. The first kappa shape index (κ1) is 30.2. The van der Waals surface area contributed by atoms with Crippen LogP contribution in [0.25, 0.3) is 6.08 Å². The number of esters is 2. The summed E-state index contributed by atoms with van der Waals surface area (Å²) in [6.07, 6.45) is 5.65. The Morgan fingerprint density at radius 2 is 1.49 bits per heavy atom. The van der Waals surface area contributed by atoms with E-state index in [0.717, 1.165) is 30.9 Å². The molecule has 0 N–H and O–H groups in total. The minimum atomic E-state index is -2.61. The van der Waals surface area contributed by atoms with Crippen molar-refractivity contribution >= 4 is 26.8 Å². The van der Waals surface area contributed by atoms with Crippen molar-refractivity contribution in [1.82, 2.24) is 0 Å². The minimum Gasteiger partial charge on any atom is -0.493 e. The van der Waals surface area contributed by atoms with Crippen LogP contribution in [0.2, 0.25) is 6.04 Å². The Bertz CT molecular complexity index is 1000. The van der Waals surface area contributed by atoms with Crippen LogP contribution in [0.5, 0.6) is 11.5 Å². The first-order valence-electron chi connectivity index (χ1n) is 12.6. The number of hydrogen-bond acceptors (Lipinski definition) is 8. The molecule has 0 saturated carbocycles. The van der Waals surface area contributed by atoms with Crippen LogP contribution in [0.15, 0.2) is 48.5 Å². The third-order valence-corrected chi connectivity index (χ3v) is 8.64. The van der Waals surface area contributed by atoms with Gasteiger partial charge in [0.2, 0.25) is 0 Å². The Morgan fingerprint density at radius 1 is 0.838 bits per heavy atom. The molecule has 0 unspecified atom stereocenters. The number of aryl methyl sites for hydroxylation is 1. The molecule has 202 valence electrons. The highest BCUT2D eigenvalue weighted by Gasteiger charge is 2.39. The maximum atomic E-state index is 12.7. The molecule has 8 nitrogen and oxygen atoms in total. The van der Waals surface area contributed by atoms with Crippen LogP contribution in [-0.4, -0.2) is 54.8 Å². The second kappa shape index (κ2) is 16.0. The molecule has 0 fully saturated rings. The summed E-state index contributed by atoms with van der Waals surface area (Å²) in [5, 5.41) is 0. The summed E-state index contributed by atoms with van der Waals surface area (Å²) in [5.74, 6) is -0.279. The molecule has 9 heteroatoms. The van der Waals surface area contributed by atoms with E-state index in [1.54, 1.807) is 36.4 Å². The van der Waals surface area contributed by atoms with Crippen molar-refractivity contribution in [1.29, 1.82) is 0 Å². The van der Waals surface area contributed by atoms with Gasteiger partial charge in [-0.15, -0.1) is 0 Å². The van der Waals surface area contributed by atoms with Crippen molar-refractivity contribution in [2.45, 2.75) is 46.1 Å². The van der Waals surface area contributed by atoms with Crippen molar-refractivity contribution < 1.29 is 37.1 Å². The molecule has 0 bridgehead atoms. The van der Waals surface area contributed by atoms with E-state index in [4.69, 9.17) is 22.8 Å². The number of unbranched alkanes of at least 4 members (excludes halogenated alkanes) is 1. The standard InChI is InChI=1S/C28H38O8Si/c1-6-33-37(34-7-2,35-8-3)20-10-9-11-22-12-16-24(17-13-22)28(30)36-25-18-14-23(21-26(25)31-4)15-19-27(29)32-5/h12-19,21H,6-11,20H2,1-5H3. The van der Waals surface area contributed by atoms with Crippen LogP contribution in [0, 0.1) is 0 Å². The van der Waals surface area contributed by atoms with Crippen molar-refractivity contribution in [3.63, 3.8) is 0 Å². The summed E-state index contributed by atoms with van der Waals surface area (Å²) < 4.78 is 33.2. The van der Waals surface area contributed by atoms with Gasteiger partial charge in [0, 0.05) is 31.9 Å². The monoisotopic (exact) mass is 530 g/mol. The zero-order valence-electron chi connectivity index (χ0n) is 22.4. The van der Waals surface area contributed by atoms with E-state index < -0.39 is 20.7 Å². The Hall–Kier alpha value is -2.98. The molecule has 0 heterocycles. The van der Waals surface area contributed by atoms with E-state index >= 15 is 0 Å². The number of carbonyl (C=O) groups excluding carboxylic acids is 2. The van der Waals surface area contributed by atoms with Gasteiger partial charge in [-0.3, -0.25) is 0 Å². The molecule has 0 radical (unpaired) electrons. The van der Waals surface area contributed by atoms with E-state index in [9.17, 15) is 9.59 Å². The fourth-order valence-corrected chi connectivity index (χ4v) is 6.43. The Morgan fingerprint density at radius 3 is 2.05 bits per heavy atom. The Labute approximate surface area is 220 Å². The number of methoxy groups -OCH3 is 2. The van der Waals surface area contributed by atoms with E-state index in [1.165, 1.54) is 20.3 Å². The van der Waals surface area contributed by atoms with Crippen LogP contribution >= 0.6 is 0 Å². The number of hydrogen-bond donors (Lipinski definition) is 0. The number of ether oxygens (including phenoxy) is 3. The normalized spacial score (nSPS) is 11.5. The second-order valence-electron chi connectivity index (χ2n) is 8.04. The van der Waals surface area contributed by atoms with E-state index in [2.05, 4.69) is 4.74 Å². The van der Waals surface area contributed by atoms with Gasteiger partial charge in [0.25, 0.3) is 0 Å². The highest BCUT2D eigenvalue weighted by Crippen LogP contribution is 2.29. The van der Waals surface area contributed by atoms with Gasteiger partial charge in [0.15, 0.2) is 11.5 Å². The third-order valence-electron chi connectivity index (χ3n) is 5.48. The first-order valence-corrected chi connectivity index (χ1v) is 14.5. The molecule has 2 aromatic carbocycles. The van der Waals surface area contributed by atoms with Gasteiger partial charge in [-0.1, -0.05) is 18.2 Å². The molecule has 0 spiro atoms. The molecule has 0 aromatic heterocycles. The van der Waals surface area contributed by atoms with E-state index in [-0.39, 0.29) is 5.75 Å². The largest absolute Gasteiger partial charge is 0.500 e. The molecule has 2 rings (SSSR count). The van der Waals surface area contributed by atoms with Crippen molar-refractivity contribution in [3.8, 4) is 11.5 Å². The maximum Gasteiger partial charge on any atom is 0.500 e. The smallest absolute Gasteiger partial charge is 0.493 e. The second-order valence-corrected chi connectivity index (χ2v) is 10.8. The molecule has 0 saturated heterocycles. The van der Waals surface area contributed by atoms with Crippen LogP contribution < -0.4 is 9.47 Å². The molecular weight excluding hydrogens is 492 g/mol. The molecule has 2 aromatic rings. The lowest BCUT2D eigenvalue weighted by atomic mass is 10.1. The quantitative estimate of drug-likeness (QED) is 0.0928. The molecule has 0 aliphatic rings. The molecule has 0 aliphatic carbocycles. The van der Waals surface area contributed by atoms with Crippen molar-refractivity contribution in [2.24, 2.45) is 0 Å². The van der Waals surface area contributed by atoms with Gasteiger partial charge in [0.1, 0.15) is 0 Å². The van der Waals surface area contributed by atoms with Crippen molar-refractivity contribution in [2.75, 3.05) is 34.0 Å². The van der Waals surface area contributed by atoms with E-state index in [1.807, 2.05) is 32.9 Å². The number of benzene rings is 2. The Balaban J connectivity index is 1.94. The van der Waals surface area contributed by atoms with Gasteiger partial charge < -0.3 is 27.5 Å². The van der Waals surface area contributed by atoms with Gasteiger partial charge in [0.05, 0.1) is 19.8 Å². The summed E-state index contributed by atoms with van der Waals surface area (Å²) in [7, 11) is 0.181. The number of carbonyl (C=O) groups is 2. The molecular formula is C28H38O8Si. The summed E-state index contributed by atoms with van der Waals surface area (Å²) in [5.41, 5.74) is 2.28. The molecule has 0 amide bonds. The number of rotatable bonds is 16. The Kier molecular flexibility index (Phi) is 13.1. The predicted molar refractivity (Wildman–Crippen MR) is 144 cm³/mol. The zero-order valence-corrected chi connectivity index (χ0v) is 23.4. The lowest BCUT2D eigenvalue weighted by Gasteiger charge is -2.28. The average Bonchev–Trinajstić information content (AvgIpc) is 2.91. The minimum absolute atomic E-state index is 0.289. The van der Waals surface area contributed by atoms with Crippen molar-refractivity contribution in [3.05, 3.63) is 65.2 Å². The fourth-order valence-electron chi connectivity index (χ4n) is 3.74. The fraction of sp³-hybridized carbons (Fsp3) is 0.429. The van der Waals surface area contributed by atoms with Crippen LogP contribution in [0.3, 0.4) is 0 Å². The summed E-state index contributed by atoms with van der Waals surface area (Å²) in [6, 6.07) is 13.2. The van der Waals surface area contributed by atoms with Crippen LogP contribution in [0.4, 0.5) is 0 Å². The van der Waals surface area contributed by atoms with Crippen LogP contribution in [0.1, 0.15) is 55.1 Å². The molecule has 37 heavy (non-hydrogen) atoms. The van der Waals surface area contributed by atoms with Gasteiger partial charge in [-0.05, 0) is 81.5 Å². The molecule has 0 atom stereocenters. The van der Waals surface area contributed by atoms with Gasteiger partial charge >= 0.3 is 20.7 Å². The SMILES string of the molecule is CCO[Si](CCCCc1ccc(C(=O)Oc2ccc(C=CC(=O)OC)cc2OC)cc1)(OCC)OCC. The topological polar surface area (TPSA) is 89.5 Å². The van der Waals surface area contributed by atoms with Gasteiger partial charge in [-0.2, -0.15) is 0 Å². The summed E-state index contributed by atoms with van der Waals surface area (Å²) >= 11 is 0. The lowest BCUT2D eigenvalue weighted by molar-refractivity contribution is -0.134. The first-order chi connectivity index (χ1) is 17.9. The highest BCUT2D eigenvalue weighted by atomic mass is 28.4.